The number of benzene rings is 1. The summed E-state index contributed by atoms with van der Waals surface area (Å²) in [4.78, 5) is 27.0. The fraction of sp³-hybridized carbons (Fsp3) is 0.438. The summed E-state index contributed by atoms with van der Waals surface area (Å²) in [7, 11) is 0. The number of hydrogen-bond acceptors (Lipinski definition) is 7. The molecule has 2 saturated heterocycles. The van der Waals surface area contributed by atoms with E-state index < -0.39 is 18.0 Å². The lowest BCUT2D eigenvalue weighted by Gasteiger charge is -2.44. The first-order valence-electron chi connectivity index (χ1n) is 8.34. The van der Waals surface area contributed by atoms with Crippen molar-refractivity contribution in [3.05, 3.63) is 40.7 Å². The number of carbonyl (C=O) groups is 2. The molecule has 9 nitrogen and oxygen atoms in total. The maximum atomic E-state index is 12.7. The van der Waals surface area contributed by atoms with E-state index in [9.17, 15) is 9.59 Å². The predicted octanol–water partition coefficient (Wildman–Crippen LogP) is 0.773. The highest BCUT2D eigenvalue weighted by Crippen LogP contribution is 2.56. The molecule has 0 saturated carbocycles. The van der Waals surface area contributed by atoms with Gasteiger partial charge in [0.15, 0.2) is 5.82 Å². The molecule has 2 aliphatic heterocycles. The number of aromatic nitrogens is 4. The second-order valence-corrected chi connectivity index (χ2v) is 9.27. The second-order valence-electron chi connectivity index (χ2n) is 7.06. The quantitative estimate of drug-likeness (QED) is 0.638. The third kappa shape index (κ3) is 2.97. The molecule has 142 valence electrons. The molecule has 4 atom stereocenters. The van der Waals surface area contributed by atoms with Crippen LogP contribution in [0.2, 0.25) is 5.02 Å². The molecule has 2 fully saturated rings. The molecule has 4 N–H and O–H groups in total. The zero-order valence-corrected chi connectivity index (χ0v) is 16.2. The smallest absolute Gasteiger partial charge is 0.249 e. The van der Waals surface area contributed by atoms with Crippen molar-refractivity contribution in [2.24, 2.45) is 5.73 Å². The van der Waals surface area contributed by atoms with E-state index in [0.29, 0.717) is 16.4 Å². The summed E-state index contributed by atoms with van der Waals surface area (Å²) < 4.78 is -0.306. The van der Waals surface area contributed by atoms with E-state index in [1.165, 1.54) is 0 Å². The third-order valence-corrected chi connectivity index (χ3v) is 6.69. The van der Waals surface area contributed by atoms with E-state index in [-0.39, 0.29) is 22.1 Å². The van der Waals surface area contributed by atoms with Crippen LogP contribution in [-0.2, 0) is 9.59 Å². The van der Waals surface area contributed by atoms with E-state index in [2.05, 4.69) is 25.9 Å². The molecule has 2 aromatic rings. The van der Waals surface area contributed by atoms with Gasteiger partial charge >= 0.3 is 0 Å². The highest BCUT2D eigenvalue weighted by Gasteiger charge is 2.63. The van der Waals surface area contributed by atoms with Crippen LogP contribution in [0.5, 0.6) is 0 Å². The van der Waals surface area contributed by atoms with Crippen LogP contribution in [0.4, 0.5) is 0 Å². The summed E-state index contributed by atoms with van der Waals surface area (Å²) in [5.41, 5.74) is 6.67. The number of nitrogens with one attached hydrogen (secondary N) is 2. The lowest BCUT2D eigenvalue weighted by molar-refractivity contribution is -0.152. The summed E-state index contributed by atoms with van der Waals surface area (Å²) in [6.45, 7) is 4.05. The topological polar surface area (TPSA) is 130 Å². The fourth-order valence-electron chi connectivity index (χ4n) is 3.54. The highest BCUT2D eigenvalue weighted by atomic mass is 35.5. The van der Waals surface area contributed by atoms with Crippen LogP contribution in [0.3, 0.4) is 0 Å². The maximum Gasteiger partial charge on any atom is 0.249 e. The Morgan fingerprint density at radius 2 is 2.11 bits per heavy atom. The molecule has 1 aromatic heterocycles. The molecule has 4 rings (SSSR count). The van der Waals surface area contributed by atoms with Gasteiger partial charge in [-0.15, -0.1) is 16.9 Å². The number of nitrogens with zero attached hydrogens (tertiary/aromatic N) is 4. The Bertz CT molecular complexity index is 873. The first-order chi connectivity index (χ1) is 12.8. The van der Waals surface area contributed by atoms with Gasteiger partial charge in [-0.25, -0.2) is 5.10 Å². The first-order valence-corrected chi connectivity index (χ1v) is 9.60. The molecular weight excluding hydrogens is 390 g/mol. The van der Waals surface area contributed by atoms with Gasteiger partial charge in [0.1, 0.15) is 23.5 Å². The molecule has 2 aliphatic rings. The summed E-state index contributed by atoms with van der Waals surface area (Å²) in [5.74, 6) is -0.0411. The van der Waals surface area contributed by atoms with Crippen LogP contribution >= 0.6 is 23.4 Å². The molecule has 11 heteroatoms. The van der Waals surface area contributed by atoms with Crippen molar-refractivity contribution in [1.29, 1.82) is 0 Å². The average Bonchev–Trinajstić information content (AvgIpc) is 3.23. The minimum Gasteiger partial charge on any atom is -0.340 e. The summed E-state index contributed by atoms with van der Waals surface area (Å²) in [6, 6.07) is 4.95. The number of fused-ring (bicyclic) bond motifs is 1. The summed E-state index contributed by atoms with van der Waals surface area (Å²) in [6.07, 6.45) is 0. The van der Waals surface area contributed by atoms with E-state index in [1.807, 2.05) is 13.8 Å². The van der Waals surface area contributed by atoms with Crippen LogP contribution in [0.25, 0.3) is 0 Å². The number of thioether (sulfide) groups is 1. The number of amides is 2. The van der Waals surface area contributed by atoms with Gasteiger partial charge in [0.05, 0.1) is 0 Å². The van der Waals surface area contributed by atoms with Gasteiger partial charge in [-0.1, -0.05) is 23.7 Å². The van der Waals surface area contributed by atoms with Crippen LogP contribution in [0.15, 0.2) is 24.3 Å². The number of halogens is 1. The zero-order chi connectivity index (χ0) is 19.3. The monoisotopic (exact) mass is 407 g/mol. The van der Waals surface area contributed by atoms with Crippen molar-refractivity contribution in [3.8, 4) is 0 Å². The maximum absolute atomic E-state index is 12.7. The molecule has 0 bridgehead atoms. The molecule has 0 aliphatic carbocycles. The second kappa shape index (κ2) is 6.47. The number of hydrogen-bond donors (Lipinski definition) is 3. The van der Waals surface area contributed by atoms with Crippen molar-refractivity contribution in [2.45, 2.75) is 42.1 Å². The van der Waals surface area contributed by atoms with E-state index in [0.717, 1.165) is 0 Å². The van der Waals surface area contributed by atoms with Crippen LogP contribution in [0, 0.1) is 0 Å². The van der Waals surface area contributed by atoms with Gasteiger partial charge in [0, 0.05) is 9.77 Å². The third-order valence-electron chi connectivity index (χ3n) is 4.87. The molecule has 3 heterocycles. The average molecular weight is 408 g/mol. The lowest BCUT2D eigenvalue weighted by atomic mass is 9.95. The highest BCUT2D eigenvalue weighted by molar-refractivity contribution is 8.01. The van der Waals surface area contributed by atoms with E-state index in [1.54, 1.807) is 40.9 Å². The number of rotatable bonds is 4. The van der Waals surface area contributed by atoms with Gasteiger partial charge < -0.3 is 16.0 Å². The first kappa shape index (κ1) is 18.2. The van der Waals surface area contributed by atoms with Crippen molar-refractivity contribution < 1.29 is 9.59 Å². The zero-order valence-electron chi connectivity index (χ0n) is 14.6. The SMILES string of the molecule is CC1(C)S[C@@H]2C(NC(=O)C(N)c3ccc(Cl)cc3)C(=O)N2C1c1nnn[nH]1. The molecule has 27 heavy (non-hydrogen) atoms. The van der Waals surface area contributed by atoms with Gasteiger partial charge in [-0.2, -0.15) is 0 Å². The Kier molecular flexibility index (Phi) is 4.36. The molecule has 0 radical (unpaired) electrons. The van der Waals surface area contributed by atoms with Crippen molar-refractivity contribution in [1.82, 2.24) is 30.8 Å². The van der Waals surface area contributed by atoms with Gasteiger partial charge in [-0.05, 0) is 42.0 Å². The van der Waals surface area contributed by atoms with E-state index in [4.69, 9.17) is 17.3 Å². The molecule has 0 spiro atoms. The number of tetrazole rings is 1. The van der Waals surface area contributed by atoms with Crippen molar-refractivity contribution in [2.75, 3.05) is 0 Å². The minimum absolute atomic E-state index is 0.170. The Labute approximate surface area is 164 Å². The number of aromatic amines is 1. The van der Waals surface area contributed by atoms with Crippen LogP contribution < -0.4 is 11.1 Å². The molecule has 2 amide bonds. The Balaban J connectivity index is 1.48. The number of carbonyl (C=O) groups excluding carboxylic acids is 2. The number of β-lactam (4-membered cyclic amide) rings is 1. The molecule has 3 unspecified atom stereocenters. The number of H-pyrrole nitrogens is 1. The molecule has 1 aromatic carbocycles. The van der Waals surface area contributed by atoms with Gasteiger partial charge in [-0.3, -0.25) is 9.59 Å². The fourth-order valence-corrected chi connectivity index (χ4v) is 5.30. The van der Waals surface area contributed by atoms with Gasteiger partial charge in [0.25, 0.3) is 0 Å². The largest absolute Gasteiger partial charge is 0.340 e. The minimum atomic E-state index is -0.877. The Morgan fingerprint density at radius 1 is 1.41 bits per heavy atom. The van der Waals surface area contributed by atoms with Crippen molar-refractivity contribution >= 4 is 35.2 Å². The molecular formula is C16H18ClN7O2S. The lowest BCUT2D eigenvalue weighted by Crippen LogP contribution is -2.68. The standard InChI is InChI=1S/C16H18ClN7O2S/c1-16(2)11(12-20-22-23-21-12)24-14(26)10(15(24)27-16)19-13(25)9(18)7-3-5-8(17)6-4-7/h3-6,9-11,15H,18H2,1-2H3,(H,19,25)(H,20,21,22,23)/t9?,10?,11?,15-/m1/s1. The van der Waals surface area contributed by atoms with Crippen LogP contribution in [-0.4, -0.2) is 53.5 Å². The van der Waals surface area contributed by atoms with Crippen LogP contribution in [0.1, 0.15) is 37.3 Å². The van der Waals surface area contributed by atoms with E-state index >= 15 is 0 Å². The number of nitrogens with two attached hydrogens (primary N) is 1. The predicted molar refractivity (Wildman–Crippen MR) is 99.5 cm³/mol. The Morgan fingerprint density at radius 3 is 2.74 bits per heavy atom. The van der Waals surface area contributed by atoms with Gasteiger partial charge in [0.2, 0.25) is 11.8 Å². The van der Waals surface area contributed by atoms with Crippen molar-refractivity contribution in [3.63, 3.8) is 0 Å². The normalized spacial score (nSPS) is 27.0. The summed E-state index contributed by atoms with van der Waals surface area (Å²) in [5, 5.41) is 17.1. The summed E-state index contributed by atoms with van der Waals surface area (Å²) >= 11 is 7.47. The Hall–Kier alpha value is -2.17.